The number of rotatable bonds is 8. The van der Waals surface area contributed by atoms with Gasteiger partial charge in [0.15, 0.2) is 0 Å². The third-order valence-corrected chi connectivity index (χ3v) is 4.65. The third-order valence-electron chi connectivity index (χ3n) is 2.25. The van der Waals surface area contributed by atoms with Crippen LogP contribution in [0.4, 0.5) is 0 Å². The molecule has 2 atom stereocenters. The second-order valence-electron chi connectivity index (χ2n) is 3.43. The zero-order valence-electron chi connectivity index (χ0n) is 9.53. The van der Waals surface area contributed by atoms with E-state index in [9.17, 15) is 0 Å². The van der Waals surface area contributed by atoms with Gasteiger partial charge in [-0.25, -0.2) is 0 Å². The lowest BCUT2D eigenvalue weighted by molar-refractivity contribution is 0.206. The minimum Gasteiger partial charge on any atom is -0.397 e. The highest BCUT2D eigenvalue weighted by Crippen LogP contribution is 2.11. The molecule has 0 aromatic heterocycles. The SMILES string of the molecule is CCO[SiH](CC(CN)C(C)N)OCC. The van der Waals surface area contributed by atoms with Crippen LogP contribution in [0, 0.1) is 5.92 Å². The number of hydrogen-bond acceptors (Lipinski definition) is 4. The van der Waals surface area contributed by atoms with E-state index in [1.165, 1.54) is 0 Å². The van der Waals surface area contributed by atoms with Crippen molar-refractivity contribution in [2.24, 2.45) is 17.4 Å². The van der Waals surface area contributed by atoms with Crippen molar-refractivity contribution in [2.75, 3.05) is 19.8 Å². The lowest BCUT2D eigenvalue weighted by Gasteiger charge is -2.23. The summed E-state index contributed by atoms with van der Waals surface area (Å²) in [5, 5.41) is 0. The van der Waals surface area contributed by atoms with Crippen LogP contribution in [0.25, 0.3) is 0 Å². The molecule has 0 aromatic rings. The van der Waals surface area contributed by atoms with Gasteiger partial charge in [0.25, 0.3) is 0 Å². The summed E-state index contributed by atoms with van der Waals surface area (Å²) >= 11 is 0. The minimum absolute atomic E-state index is 0.121. The van der Waals surface area contributed by atoms with Gasteiger partial charge in [-0.2, -0.15) is 0 Å². The molecule has 4 N–H and O–H groups in total. The van der Waals surface area contributed by atoms with E-state index in [4.69, 9.17) is 20.3 Å². The van der Waals surface area contributed by atoms with Crippen LogP contribution in [-0.4, -0.2) is 35.1 Å². The second-order valence-corrected chi connectivity index (χ2v) is 5.43. The Bertz CT molecular complexity index is 130. The van der Waals surface area contributed by atoms with Gasteiger partial charge in [-0.3, -0.25) is 0 Å². The summed E-state index contributed by atoms with van der Waals surface area (Å²) < 4.78 is 11.1. The maximum atomic E-state index is 5.82. The summed E-state index contributed by atoms with van der Waals surface area (Å²) in [5.74, 6) is 0.324. The van der Waals surface area contributed by atoms with Gasteiger partial charge >= 0.3 is 9.28 Å². The molecule has 0 saturated heterocycles. The van der Waals surface area contributed by atoms with Gasteiger partial charge in [0.2, 0.25) is 0 Å². The Morgan fingerprint density at radius 1 is 1.21 bits per heavy atom. The van der Waals surface area contributed by atoms with Crippen LogP contribution >= 0.6 is 0 Å². The van der Waals surface area contributed by atoms with Gasteiger partial charge in [-0.05, 0) is 39.3 Å². The minimum atomic E-state index is -1.53. The largest absolute Gasteiger partial charge is 0.397 e. The highest BCUT2D eigenvalue weighted by molar-refractivity contribution is 6.44. The van der Waals surface area contributed by atoms with E-state index >= 15 is 0 Å². The average molecular weight is 220 g/mol. The summed E-state index contributed by atoms with van der Waals surface area (Å²) in [4.78, 5) is 0. The normalized spacial score (nSPS) is 15.9. The summed E-state index contributed by atoms with van der Waals surface area (Å²) in [5.41, 5.74) is 11.5. The van der Waals surface area contributed by atoms with E-state index < -0.39 is 9.28 Å². The van der Waals surface area contributed by atoms with Crippen molar-refractivity contribution >= 4 is 9.28 Å². The molecule has 0 bridgehead atoms. The predicted octanol–water partition coefficient (Wildman–Crippen LogP) is 0.202. The Morgan fingerprint density at radius 3 is 2.00 bits per heavy atom. The van der Waals surface area contributed by atoms with E-state index in [1.54, 1.807) is 0 Å². The molecule has 86 valence electrons. The average Bonchev–Trinajstić information content (AvgIpc) is 2.14. The molecular weight excluding hydrogens is 196 g/mol. The Balaban J connectivity index is 3.96. The molecule has 0 aliphatic rings. The van der Waals surface area contributed by atoms with Gasteiger partial charge in [-0.1, -0.05) is 0 Å². The van der Waals surface area contributed by atoms with E-state index in [2.05, 4.69) is 0 Å². The molecule has 0 radical (unpaired) electrons. The molecule has 0 heterocycles. The first-order chi connectivity index (χ1) is 6.65. The van der Waals surface area contributed by atoms with Crippen molar-refractivity contribution in [3.63, 3.8) is 0 Å². The van der Waals surface area contributed by atoms with E-state index in [0.29, 0.717) is 25.7 Å². The molecule has 0 aromatic carbocycles. The molecule has 5 heteroatoms. The fourth-order valence-corrected chi connectivity index (χ4v) is 3.56. The molecule has 0 fully saturated rings. The predicted molar refractivity (Wildman–Crippen MR) is 61.4 cm³/mol. The van der Waals surface area contributed by atoms with Crippen LogP contribution in [0.5, 0.6) is 0 Å². The van der Waals surface area contributed by atoms with Gasteiger partial charge < -0.3 is 20.3 Å². The molecule has 0 saturated carbocycles. The van der Waals surface area contributed by atoms with Gasteiger partial charge in [-0.15, -0.1) is 0 Å². The summed E-state index contributed by atoms with van der Waals surface area (Å²) in [6.07, 6.45) is 0. The third kappa shape index (κ3) is 5.72. The first-order valence-corrected chi connectivity index (χ1v) is 7.10. The number of nitrogens with two attached hydrogens (primary N) is 2. The van der Waals surface area contributed by atoms with Gasteiger partial charge in [0.05, 0.1) is 0 Å². The molecule has 0 amide bonds. The Kier molecular flexibility index (Phi) is 8.41. The zero-order valence-corrected chi connectivity index (χ0v) is 10.7. The number of hydrogen-bond donors (Lipinski definition) is 2. The molecule has 0 spiro atoms. The quantitative estimate of drug-likeness (QED) is 0.573. The summed E-state index contributed by atoms with van der Waals surface area (Å²) in [7, 11) is -1.53. The van der Waals surface area contributed by atoms with Crippen LogP contribution in [0.3, 0.4) is 0 Å². The molecule has 14 heavy (non-hydrogen) atoms. The first kappa shape index (κ1) is 14.1. The van der Waals surface area contributed by atoms with Gasteiger partial charge in [0, 0.05) is 19.3 Å². The standard InChI is InChI=1S/C9H24N2O2Si/c1-4-12-14(13-5-2)7-9(6-10)8(3)11/h8-9,14H,4-7,10-11H2,1-3H3. The maximum absolute atomic E-state index is 5.82. The molecule has 2 unspecified atom stereocenters. The van der Waals surface area contributed by atoms with E-state index in [0.717, 1.165) is 6.04 Å². The first-order valence-electron chi connectivity index (χ1n) is 5.34. The Labute approximate surface area is 88.8 Å². The van der Waals surface area contributed by atoms with Crippen molar-refractivity contribution in [2.45, 2.75) is 32.9 Å². The van der Waals surface area contributed by atoms with Crippen LogP contribution in [-0.2, 0) is 8.85 Å². The topological polar surface area (TPSA) is 70.5 Å². The molecule has 0 aliphatic heterocycles. The lowest BCUT2D eigenvalue weighted by atomic mass is 10.1. The zero-order chi connectivity index (χ0) is 11.0. The van der Waals surface area contributed by atoms with E-state index in [1.807, 2.05) is 20.8 Å². The molecule has 4 nitrogen and oxygen atoms in total. The van der Waals surface area contributed by atoms with Crippen LogP contribution in [0.2, 0.25) is 6.04 Å². The summed E-state index contributed by atoms with van der Waals surface area (Å²) in [6, 6.07) is 1.03. The van der Waals surface area contributed by atoms with Gasteiger partial charge in [0.1, 0.15) is 0 Å². The highest BCUT2D eigenvalue weighted by atomic mass is 28.3. The fraction of sp³-hybridized carbons (Fsp3) is 1.00. The maximum Gasteiger partial charge on any atom is 0.321 e. The van der Waals surface area contributed by atoms with Crippen LogP contribution in [0.15, 0.2) is 0 Å². The molecular formula is C9H24N2O2Si. The monoisotopic (exact) mass is 220 g/mol. The van der Waals surface area contributed by atoms with Crippen molar-refractivity contribution in [1.82, 2.24) is 0 Å². The van der Waals surface area contributed by atoms with Crippen LogP contribution < -0.4 is 11.5 Å². The van der Waals surface area contributed by atoms with Crippen molar-refractivity contribution in [1.29, 1.82) is 0 Å². The van der Waals surface area contributed by atoms with Crippen LogP contribution in [0.1, 0.15) is 20.8 Å². The molecule has 0 aliphatic carbocycles. The van der Waals surface area contributed by atoms with Crippen molar-refractivity contribution in [3.05, 3.63) is 0 Å². The lowest BCUT2D eigenvalue weighted by Crippen LogP contribution is -2.37. The molecule has 0 rings (SSSR count). The Hall–Kier alpha value is 0.0569. The van der Waals surface area contributed by atoms with Crippen molar-refractivity contribution in [3.8, 4) is 0 Å². The smallest absolute Gasteiger partial charge is 0.321 e. The highest BCUT2D eigenvalue weighted by Gasteiger charge is 2.21. The van der Waals surface area contributed by atoms with E-state index in [-0.39, 0.29) is 6.04 Å². The Morgan fingerprint density at radius 2 is 1.71 bits per heavy atom. The summed E-state index contributed by atoms with van der Waals surface area (Å²) in [6.45, 7) is 8.01. The van der Waals surface area contributed by atoms with Crippen molar-refractivity contribution < 1.29 is 8.85 Å². The second kappa shape index (κ2) is 8.37. The fourth-order valence-electron chi connectivity index (χ4n) is 1.33.